The summed E-state index contributed by atoms with van der Waals surface area (Å²) in [4.78, 5) is 0. The Hall–Kier alpha value is 0.0500. The third-order valence-corrected chi connectivity index (χ3v) is 8.23. The van der Waals surface area contributed by atoms with Crippen molar-refractivity contribution in [3.8, 4) is 0 Å². The molecule has 0 amide bonds. The number of thiophene rings is 1. The first-order valence-electron chi connectivity index (χ1n) is 6.88. The molecule has 1 atom stereocenters. The van der Waals surface area contributed by atoms with E-state index in [2.05, 4.69) is 21.2 Å². The van der Waals surface area contributed by atoms with Gasteiger partial charge in [0.1, 0.15) is 4.21 Å². The van der Waals surface area contributed by atoms with E-state index >= 15 is 0 Å². The first kappa shape index (κ1) is 16.4. The SMILES string of the molecule is CC(C)N(CC1CCCNC1)S(=O)(=O)c1sccc1Br. The van der Waals surface area contributed by atoms with Crippen LogP contribution in [0.1, 0.15) is 26.7 Å². The first-order valence-corrected chi connectivity index (χ1v) is 9.99. The van der Waals surface area contributed by atoms with E-state index in [0.717, 1.165) is 25.9 Å². The average Bonchev–Trinajstić information content (AvgIpc) is 2.83. The van der Waals surface area contributed by atoms with Crippen LogP contribution in [0, 0.1) is 5.92 Å². The van der Waals surface area contributed by atoms with Crippen LogP contribution >= 0.6 is 27.3 Å². The Kier molecular flexibility index (Phi) is 5.64. The summed E-state index contributed by atoms with van der Waals surface area (Å²) in [5.41, 5.74) is 0. The molecule has 114 valence electrons. The van der Waals surface area contributed by atoms with Crippen molar-refractivity contribution >= 4 is 37.3 Å². The fourth-order valence-electron chi connectivity index (χ4n) is 2.49. The van der Waals surface area contributed by atoms with Crippen LogP contribution in [0.5, 0.6) is 0 Å². The minimum atomic E-state index is -3.41. The summed E-state index contributed by atoms with van der Waals surface area (Å²) in [6.45, 7) is 6.42. The number of hydrogen-bond donors (Lipinski definition) is 1. The highest BCUT2D eigenvalue weighted by molar-refractivity contribution is 9.10. The molecule has 1 saturated heterocycles. The molecule has 1 aliphatic heterocycles. The molecule has 1 aromatic rings. The molecule has 0 radical (unpaired) electrons. The molecule has 4 nitrogen and oxygen atoms in total. The number of nitrogens with zero attached hydrogens (tertiary/aromatic N) is 1. The Morgan fingerprint density at radius 2 is 2.30 bits per heavy atom. The second-order valence-electron chi connectivity index (χ2n) is 5.44. The normalized spacial score (nSPS) is 20.8. The highest BCUT2D eigenvalue weighted by Crippen LogP contribution is 2.32. The Morgan fingerprint density at radius 3 is 2.80 bits per heavy atom. The highest BCUT2D eigenvalue weighted by atomic mass is 79.9. The molecule has 1 fully saturated rings. The van der Waals surface area contributed by atoms with Crippen molar-refractivity contribution in [2.24, 2.45) is 5.92 Å². The summed E-state index contributed by atoms with van der Waals surface area (Å²) in [5, 5.41) is 5.15. The lowest BCUT2D eigenvalue weighted by Crippen LogP contribution is -2.44. The maximum Gasteiger partial charge on any atom is 0.253 e. The van der Waals surface area contributed by atoms with Gasteiger partial charge in [-0.3, -0.25) is 0 Å². The van der Waals surface area contributed by atoms with Gasteiger partial charge < -0.3 is 5.32 Å². The van der Waals surface area contributed by atoms with Crippen LogP contribution in [0.25, 0.3) is 0 Å². The molecule has 1 N–H and O–H groups in total. The van der Waals surface area contributed by atoms with Crippen molar-refractivity contribution in [1.29, 1.82) is 0 Å². The second kappa shape index (κ2) is 6.87. The molecular weight excluding hydrogens is 360 g/mol. The number of halogens is 1. The van der Waals surface area contributed by atoms with Gasteiger partial charge in [0.25, 0.3) is 10.0 Å². The maximum absolute atomic E-state index is 12.8. The van der Waals surface area contributed by atoms with Gasteiger partial charge in [0.15, 0.2) is 0 Å². The van der Waals surface area contributed by atoms with Crippen LogP contribution in [0.15, 0.2) is 20.1 Å². The predicted molar refractivity (Wildman–Crippen MR) is 86.6 cm³/mol. The Labute approximate surface area is 133 Å². The quantitative estimate of drug-likeness (QED) is 0.853. The number of hydrogen-bond acceptors (Lipinski definition) is 4. The van der Waals surface area contributed by atoms with Gasteiger partial charge >= 0.3 is 0 Å². The summed E-state index contributed by atoms with van der Waals surface area (Å²) >= 11 is 4.61. The van der Waals surface area contributed by atoms with E-state index in [1.165, 1.54) is 11.3 Å². The zero-order valence-corrected chi connectivity index (χ0v) is 15.0. The molecular formula is C13H21BrN2O2S2. The van der Waals surface area contributed by atoms with Gasteiger partial charge in [-0.05, 0) is 73.1 Å². The molecule has 0 aromatic carbocycles. The second-order valence-corrected chi connectivity index (χ2v) is 9.29. The van der Waals surface area contributed by atoms with Crippen molar-refractivity contribution in [3.63, 3.8) is 0 Å². The van der Waals surface area contributed by atoms with E-state index in [4.69, 9.17) is 0 Å². The van der Waals surface area contributed by atoms with Gasteiger partial charge in [0.05, 0.1) is 0 Å². The van der Waals surface area contributed by atoms with Gasteiger partial charge in [0, 0.05) is 17.1 Å². The standard InChI is InChI=1S/C13H21BrN2O2S2/c1-10(2)16(9-11-4-3-6-15-8-11)20(17,18)13-12(14)5-7-19-13/h5,7,10-11,15H,3-4,6,8-9H2,1-2H3. The lowest BCUT2D eigenvalue weighted by Gasteiger charge is -2.31. The van der Waals surface area contributed by atoms with Gasteiger partial charge in [-0.2, -0.15) is 4.31 Å². The Bertz CT molecular complexity index is 536. The molecule has 7 heteroatoms. The topological polar surface area (TPSA) is 49.4 Å². The Balaban J connectivity index is 2.21. The number of sulfonamides is 1. The smallest absolute Gasteiger partial charge is 0.253 e. The number of rotatable bonds is 5. The van der Waals surface area contributed by atoms with Crippen LogP contribution in [0.3, 0.4) is 0 Å². The lowest BCUT2D eigenvalue weighted by atomic mass is 9.99. The molecule has 2 heterocycles. The molecule has 0 spiro atoms. The Morgan fingerprint density at radius 1 is 1.55 bits per heavy atom. The molecule has 1 unspecified atom stereocenters. The molecule has 2 rings (SSSR count). The summed E-state index contributed by atoms with van der Waals surface area (Å²) in [6.07, 6.45) is 2.22. The highest BCUT2D eigenvalue weighted by Gasteiger charge is 2.32. The molecule has 1 aliphatic rings. The number of piperidine rings is 1. The van der Waals surface area contributed by atoms with Crippen molar-refractivity contribution in [3.05, 3.63) is 15.9 Å². The third kappa shape index (κ3) is 3.62. The van der Waals surface area contributed by atoms with E-state index in [-0.39, 0.29) is 6.04 Å². The van der Waals surface area contributed by atoms with Gasteiger partial charge in [-0.15, -0.1) is 11.3 Å². The van der Waals surface area contributed by atoms with Gasteiger partial charge in [-0.25, -0.2) is 8.42 Å². The maximum atomic E-state index is 12.8. The van der Waals surface area contributed by atoms with E-state index in [1.807, 2.05) is 13.8 Å². The molecule has 0 saturated carbocycles. The lowest BCUT2D eigenvalue weighted by molar-refractivity contribution is 0.264. The van der Waals surface area contributed by atoms with Gasteiger partial charge in [-0.1, -0.05) is 0 Å². The third-order valence-electron chi connectivity index (χ3n) is 3.54. The van der Waals surface area contributed by atoms with Crippen molar-refractivity contribution < 1.29 is 8.42 Å². The minimum absolute atomic E-state index is 0.0315. The summed E-state index contributed by atoms with van der Waals surface area (Å²) in [5.74, 6) is 0.402. The zero-order valence-electron chi connectivity index (χ0n) is 11.8. The minimum Gasteiger partial charge on any atom is -0.316 e. The van der Waals surface area contributed by atoms with Crippen molar-refractivity contribution in [2.45, 2.75) is 36.9 Å². The molecule has 1 aromatic heterocycles. The van der Waals surface area contributed by atoms with E-state index in [9.17, 15) is 8.42 Å². The molecule has 0 bridgehead atoms. The van der Waals surface area contributed by atoms with Crippen LogP contribution in [-0.2, 0) is 10.0 Å². The summed E-state index contributed by atoms with van der Waals surface area (Å²) < 4.78 is 28.3. The van der Waals surface area contributed by atoms with E-state index in [1.54, 1.807) is 15.8 Å². The zero-order chi connectivity index (χ0) is 14.8. The largest absolute Gasteiger partial charge is 0.316 e. The fraction of sp³-hybridized carbons (Fsp3) is 0.692. The molecule has 0 aliphatic carbocycles. The fourth-order valence-corrected chi connectivity index (χ4v) is 6.63. The van der Waals surface area contributed by atoms with Crippen molar-refractivity contribution in [1.82, 2.24) is 9.62 Å². The van der Waals surface area contributed by atoms with Crippen LogP contribution < -0.4 is 5.32 Å². The van der Waals surface area contributed by atoms with E-state index < -0.39 is 10.0 Å². The van der Waals surface area contributed by atoms with E-state index in [0.29, 0.717) is 21.1 Å². The monoisotopic (exact) mass is 380 g/mol. The molecule has 20 heavy (non-hydrogen) atoms. The van der Waals surface area contributed by atoms with Crippen LogP contribution in [0.4, 0.5) is 0 Å². The summed E-state index contributed by atoms with van der Waals surface area (Å²) in [6, 6.07) is 1.76. The summed E-state index contributed by atoms with van der Waals surface area (Å²) in [7, 11) is -3.41. The predicted octanol–water partition coefficient (Wildman–Crippen LogP) is 2.91. The van der Waals surface area contributed by atoms with Crippen LogP contribution in [0.2, 0.25) is 0 Å². The van der Waals surface area contributed by atoms with Crippen molar-refractivity contribution in [2.75, 3.05) is 19.6 Å². The van der Waals surface area contributed by atoms with Gasteiger partial charge in [0.2, 0.25) is 0 Å². The van der Waals surface area contributed by atoms with Crippen LogP contribution in [-0.4, -0.2) is 38.4 Å². The first-order chi connectivity index (χ1) is 9.43. The average molecular weight is 381 g/mol. The number of nitrogens with one attached hydrogen (secondary N) is 1.